The number of amides is 4. The van der Waals surface area contributed by atoms with Gasteiger partial charge >= 0.3 is 5.97 Å². The SMILES string of the molecule is CSCC[C@H](NC(=O)[C@H](CCSC)NC(=O)[C@H](CCSC)NC(=O)[C@@H](N)CS)C(=O)N[C@@H](CS)C(=O)O. The van der Waals surface area contributed by atoms with Gasteiger partial charge in [-0.25, -0.2) is 4.79 Å². The van der Waals surface area contributed by atoms with Gasteiger partial charge in [0.15, 0.2) is 0 Å². The Morgan fingerprint density at radius 2 is 0.973 bits per heavy atom. The molecular weight excluding hydrogens is 579 g/mol. The number of carboxylic acids is 1. The number of hydrogen-bond acceptors (Lipinski definition) is 11. The first-order valence-corrected chi connectivity index (χ1v) is 16.9. The van der Waals surface area contributed by atoms with Gasteiger partial charge in [0.25, 0.3) is 0 Å². The predicted molar refractivity (Wildman–Crippen MR) is 160 cm³/mol. The van der Waals surface area contributed by atoms with Crippen LogP contribution in [0.15, 0.2) is 0 Å². The standard InChI is InChI=1S/C21H39N5O6S5/c1-35-7-4-13(23-17(27)12(22)10-33)18(28)24-14(5-8-36-2)19(29)25-15(6-9-37-3)20(30)26-16(11-34)21(31)32/h12-16,33-34H,4-11,22H2,1-3H3,(H,23,27)(H,24,28)(H,25,29)(H,26,30)(H,31,32)/t12-,13-,14-,15-,16-/m0/s1. The zero-order valence-corrected chi connectivity index (χ0v) is 25.5. The zero-order valence-electron chi connectivity index (χ0n) is 21.2. The summed E-state index contributed by atoms with van der Waals surface area (Å²) < 4.78 is 0. The van der Waals surface area contributed by atoms with Crippen LogP contribution in [-0.2, 0) is 24.0 Å². The van der Waals surface area contributed by atoms with Crippen molar-refractivity contribution in [2.75, 3.05) is 47.5 Å². The van der Waals surface area contributed by atoms with E-state index >= 15 is 0 Å². The topological polar surface area (TPSA) is 180 Å². The number of nitrogens with two attached hydrogens (primary N) is 1. The summed E-state index contributed by atoms with van der Waals surface area (Å²) in [4.78, 5) is 62.6. The fourth-order valence-electron chi connectivity index (χ4n) is 2.88. The molecule has 0 rings (SSSR count). The molecule has 16 heteroatoms. The van der Waals surface area contributed by atoms with E-state index in [0.717, 1.165) is 0 Å². The van der Waals surface area contributed by atoms with Crippen LogP contribution in [-0.4, -0.2) is 112 Å². The number of rotatable bonds is 20. The van der Waals surface area contributed by atoms with Crippen molar-refractivity contribution in [3.63, 3.8) is 0 Å². The van der Waals surface area contributed by atoms with Crippen LogP contribution in [0.4, 0.5) is 0 Å². The second kappa shape index (κ2) is 21.0. The number of aliphatic carboxylic acids is 1. The predicted octanol–water partition coefficient (Wildman–Crippen LogP) is -0.544. The molecule has 0 fully saturated rings. The van der Waals surface area contributed by atoms with Gasteiger partial charge in [0, 0.05) is 11.5 Å². The molecule has 0 aromatic rings. The van der Waals surface area contributed by atoms with Crippen molar-refractivity contribution >= 4 is 90.1 Å². The lowest BCUT2D eigenvalue weighted by Crippen LogP contribution is -2.59. The Balaban J connectivity index is 5.63. The summed E-state index contributed by atoms with van der Waals surface area (Å²) in [7, 11) is 0. The van der Waals surface area contributed by atoms with Crippen molar-refractivity contribution in [3.8, 4) is 0 Å². The van der Waals surface area contributed by atoms with Gasteiger partial charge < -0.3 is 32.1 Å². The second-order valence-electron chi connectivity index (χ2n) is 7.90. The molecule has 5 atom stereocenters. The first-order valence-electron chi connectivity index (χ1n) is 11.4. The molecule has 0 heterocycles. The Hall–Kier alpha value is -0.940. The fourth-order valence-corrected chi connectivity index (χ4v) is 4.71. The van der Waals surface area contributed by atoms with E-state index < -0.39 is 59.8 Å². The van der Waals surface area contributed by atoms with Crippen molar-refractivity contribution in [3.05, 3.63) is 0 Å². The first kappa shape index (κ1) is 36.1. The largest absolute Gasteiger partial charge is 0.480 e. The maximum atomic E-state index is 13.2. The van der Waals surface area contributed by atoms with E-state index in [9.17, 15) is 29.1 Å². The van der Waals surface area contributed by atoms with E-state index in [1.165, 1.54) is 35.3 Å². The average Bonchev–Trinajstić information content (AvgIpc) is 2.88. The smallest absolute Gasteiger partial charge is 0.327 e. The van der Waals surface area contributed by atoms with Crippen LogP contribution in [0.2, 0.25) is 0 Å². The van der Waals surface area contributed by atoms with Gasteiger partial charge in [-0.2, -0.15) is 60.5 Å². The maximum absolute atomic E-state index is 13.2. The zero-order chi connectivity index (χ0) is 28.4. The molecule has 0 saturated heterocycles. The van der Waals surface area contributed by atoms with Gasteiger partial charge in [-0.15, -0.1) is 0 Å². The minimum Gasteiger partial charge on any atom is -0.480 e. The van der Waals surface area contributed by atoms with E-state index in [4.69, 9.17) is 5.73 Å². The molecule has 0 aromatic heterocycles. The van der Waals surface area contributed by atoms with Gasteiger partial charge in [0.05, 0.1) is 6.04 Å². The molecule has 0 bridgehead atoms. The highest BCUT2D eigenvalue weighted by molar-refractivity contribution is 7.98. The lowest BCUT2D eigenvalue weighted by atomic mass is 10.1. The van der Waals surface area contributed by atoms with E-state index in [-0.39, 0.29) is 24.3 Å². The summed E-state index contributed by atoms with van der Waals surface area (Å²) >= 11 is 12.4. The van der Waals surface area contributed by atoms with Crippen molar-refractivity contribution in [2.24, 2.45) is 5.73 Å². The molecule has 0 saturated carbocycles. The van der Waals surface area contributed by atoms with E-state index in [0.29, 0.717) is 23.7 Å². The number of thioether (sulfide) groups is 3. The number of carbonyl (C=O) groups excluding carboxylic acids is 4. The lowest BCUT2D eigenvalue weighted by Gasteiger charge is -2.26. The molecule has 37 heavy (non-hydrogen) atoms. The minimum atomic E-state index is -1.24. The highest BCUT2D eigenvalue weighted by atomic mass is 32.2. The van der Waals surface area contributed by atoms with Gasteiger partial charge in [0.1, 0.15) is 24.2 Å². The number of hydrogen-bond donors (Lipinski definition) is 8. The van der Waals surface area contributed by atoms with Crippen LogP contribution >= 0.6 is 60.5 Å². The van der Waals surface area contributed by atoms with Gasteiger partial charge in [0.2, 0.25) is 23.6 Å². The lowest BCUT2D eigenvalue weighted by molar-refractivity contribution is -0.141. The van der Waals surface area contributed by atoms with Crippen molar-refractivity contribution in [1.82, 2.24) is 21.3 Å². The molecule has 0 radical (unpaired) electrons. The van der Waals surface area contributed by atoms with E-state index in [1.807, 2.05) is 18.8 Å². The Kier molecular flexibility index (Phi) is 20.4. The highest BCUT2D eigenvalue weighted by Crippen LogP contribution is 2.08. The van der Waals surface area contributed by atoms with Crippen LogP contribution in [0, 0.1) is 0 Å². The summed E-state index contributed by atoms with van der Waals surface area (Å²) in [6, 6.07) is -4.97. The fraction of sp³-hybridized carbons (Fsp3) is 0.762. The third kappa shape index (κ3) is 14.7. The molecule has 0 aliphatic rings. The van der Waals surface area contributed by atoms with Crippen molar-refractivity contribution < 1.29 is 29.1 Å². The molecule has 7 N–H and O–H groups in total. The first-order chi connectivity index (χ1) is 17.6. The van der Waals surface area contributed by atoms with Crippen LogP contribution in [0.1, 0.15) is 19.3 Å². The van der Waals surface area contributed by atoms with Crippen LogP contribution in [0.5, 0.6) is 0 Å². The molecule has 4 amide bonds. The summed E-state index contributed by atoms with van der Waals surface area (Å²) in [5.74, 6) is -1.86. The second-order valence-corrected chi connectivity index (χ2v) is 11.6. The molecule has 0 aromatic carbocycles. The molecule has 0 unspecified atom stereocenters. The van der Waals surface area contributed by atoms with Crippen LogP contribution in [0.25, 0.3) is 0 Å². The Morgan fingerprint density at radius 1 is 0.649 bits per heavy atom. The molecular formula is C21H39N5O6S5. The molecule has 214 valence electrons. The third-order valence-electron chi connectivity index (χ3n) is 5.06. The molecule has 11 nitrogen and oxygen atoms in total. The maximum Gasteiger partial charge on any atom is 0.327 e. The van der Waals surface area contributed by atoms with Gasteiger partial charge in [-0.3, -0.25) is 19.2 Å². The summed E-state index contributed by atoms with van der Waals surface area (Å²) in [5, 5.41) is 19.6. The number of thiol groups is 2. The molecule has 0 spiro atoms. The van der Waals surface area contributed by atoms with E-state index in [2.05, 4.69) is 46.5 Å². The Labute approximate surface area is 242 Å². The van der Waals surface area contributed by atoms with Gasteiger partial charge in [-0.05, 0) is 55.3 Å². The summed E-state index contributed by atoms with van der Waals surface area (Å²) in [6.45, 7) is 0. The van der Waals surface area contributed by atoms with E-state index in [1.54, 1.807) is 0 Å². The Morgan fingerprint density at radius 3 is 1.24 bits per heavy atom. The number of carbonyl (C=O) groups is 5. The summed E-state index contributed by atoms with van der Waals surface area (Å²) in [6.07, 6.45) is 6.43. The quantitative estimate of drug-likeness (QED) is 0.0827. The number of nitrogens with one attached hydrogen (secondary N) is 4. The van der Waals surface area contributed by atoms with Crippen molar-refractivity contribution in [2.45, 2.75) is 49.5 Å². The summed E-state index contributed by atoms with van der Waals surface area (Å²) in [5.41, 5.74) is 5.72. The van der Waals surface area contributed by atoms with Gasteiger partial charge in [-0.1, -0.05) is 0 Å². The highest BCUT2D eigenvalue weighted by Gasteiger charge is 2.31. The van der Waals surface area contributed by atoms with Crippen molar-refractivity contribution in [1.29, 1.82) is 0 Å². The molecule has 0 aliphatic heterocycles. The van der Waals surface area contributed by atoms with Crippen LogP contribution in [0.3, 0.4) is 0 Å². The van der Waals surface area contributed by atoms with Crippen LogP contribution < -0.4 is 27.0 Å². The monoisotopic (exact) mass is 617 g/mol. The minimum absolute atomic E-state index is 0.108. The third-order valence-corrected chi connectivity index (χ3v) is 7.75. The molecule has 0 aliphatic carbocycles. The number of carboxylic acid groups (broad SMARTS) is 1. The average molecular weight is 618 g/mol. The Bertz CT molecular complexity index is 751. The normalized spacial score (nSPS) is 15.0.